The monoisotopic (exact) mass is 418 g/mol. The summed E-state index contributed by atoms with van der Waals surface area (Å²) in [5.41, 5.74) is 4.50. The van der Waals surface area contributed by atoms with Gasteiger partial charge in [-0.1, -0.05) is 76.4 Å². The normalized spacial score (nSPS) is 23.6. The van der Waals surface area contributed by atoms with Crippen molar-refractivity contribution in [3.8, 4) is 5.75 Å². The van der Waals surface area contributed by atoms with Crippen LogP contribution in [0.3, 0.4) is 0 Å². The maximum absolute atomic E-state index is 6.30. The highest BCUT2D eigenvalue weighted by Crippen LogP contribution is 2.36. The summed E-state index contributed by atoms with van der Waals surface area (Å²) in [6.07, 6.45) is 13.8. The Bertz CT molecular complexity index is 774. The van der Waals surface area contributed by atoms with E-state index in [0.717, 1.165) is 17.6 Å². The maximum Gasteiger partial charge on any atom is 0.119 e. The van der Waals surface area contributed by atoms with Crippen molar-refractivity contribution in [3.05, 3.63) is 65.2 Å². The van der Waals surface area contributed by atoms with E-state index in [1.54, 1.807) is 5.56 Å². The van der Waals surface area contributed by atoms with Gasteiger partial charge >= 0.3 is 0 Å². The fourth-order valence-corrected chi connectivity index (χ4v) is 5.78. The maximum atomic E-state index is 6.30. The van der Waals surface area contributed by atoms with E-state index in [2.05, 4.69) is 69.3 Å². The molecule has 0 bridgehead atoms. The van der Waals surface area contributed by atoms with Crippen LogP contribution in [0.25, 0.3) is 0 Å². The predicted molar refractivity (Wildman–Crippen MR) is 132 cm³/mol. The first-order chi connectivity index (χ1) is 15.1. The number of hydrogen-bond acceptors (Lipinski definition) is 1. The summed E-state index contributed by atoms with van der Waals surface area (Å²) in [7, 11) is 0. The van der Waals surface area contributed by atoms with Gasteiger partial charge in [0.2, 0.25) is 0 Å². The minimum atomic E-state index is 0.395. The quantitative estimate of drug-likeness (QED) is 0.436. The highest BCUT2D eigenvalue weighted by atomic mass is 16.5. The first-order valence-corrected chi connectivity index (χ1v) is 12.9. The Kier molecular flexibility index (Phi) is 7.75. The molecule has 168 valence electrons. The molecule has 2 aromatic rings. The van der Waals surface area contributed by atoms with Crippen LogP contribution >= 0.6 is 0 Å². The van der Waals surface area contributed by atoms with Crippen LogP contribution in [0.4, 0.5) is 0 Å². The van der Waals surface area contributed by atoms with Crippen molar-refractivity contribution in [1.29, 1.82) is 0 Å². The molecule has 0 radical (unpaired) electrons. The van der Waals surface area contributed by atoms with E-state index in [-0.39, 0.29) is 0 Å². The topological polar surface area (TPSA) is 9.23 Å². The van der Waals surface area contributed by atoms with Crippen molar-refractivity contribution < 1.29 is 4.74 Å². The Morgan fingerprint density at radius 3 is 1.94 bits per heavy atom. The minimum Gasteiger partial charge on any atom is -0.490 e. The predicted octanol–water partition coefficient (Wildman–Crippen LogP) is 8.99. The second-order valence-electron chi connectivity index (χ2n) is 10.6. The fraction of sp³-hybridized carbons (Fsp3) is 0.600. The Labute approximate surface area is 190 Å². The SMILES string of the molecule is CC(C)c1ccc(OC2CCC(CC(C)c3ccc(C4CCCCC4)cc3)CC2)cc1. The second-order valence-corrected chi connectivity index (χ2v) is 10.6. The van der Waals surface area contributed by atoms with E-state index in [4.69, 9.17) is 4.74 Å². The zero-order chi connectivity index (χ0) is 21.6. The molecule has 2 aromatic carbocycles. The van der Waals surface area contributed by atoms with Crippen molar-refractivity contribution in [1.82, 2.24) is 0 Å². The summed E-state index contributed by atoms with van der Waals surface area (Å²) in [6, 6.07) is 18.4. The van der Waals surface area contributed by atoms with Crippen LogP contribution in [-0.4, -0.2) is 6.10 Å². The lowest BCUT2D eigenvalue weighted by molar-refractivity contribution is 0.126. The molecule has 4 rings (SSSR count). The van der Waals surface area contributed by atoms with Gasteiger partial charge in [0.1, 0.15) is 5.75 Å². The van der Waals surface area contributed by atoms with Crippen LogP contribution in [-0.2, 0) is 0 Å². The van der Waals surface area contributed by atoms with Crippen molar-refractivity contribution in [2.24, 2.45) is 5.92 Å². The van der Waals surface area contributed by atoms with Crippen LogP contribution in [0.2, 0.25) is 0 Å². The molecule has 1 nitrogen and oxygen atoms in total. The van der Waals surface area contributed by atoms with Gasteiger partial charge < -0.3 is 4.74 Å². The molecule has 2 aliphatic rings. The van der Waals surface area contributed by atoms with Gasteiger partial charge in [0.05, 0.1) is 6.10 Å². The van der Waals surface area contributed by atoms with Gasteiger partial charge in [0, 0.05) is 0 Å². The first kappa shape index (κ1) is 22.4. The van der Waals surface area contributed by atoms with Gasteiger partial charge in [-0.3, -0.25) is 0 Å². The van der Waals surface area contributed by atoms with Crippen LogP contribution in [0.1, 0.15) is 119 Å². The lowest BCUT2D eigenvalue weighted by Crippen LogP contribution is -2.24. The fourth-order valence-electron chi connectivity index (χ4n) is 5.78. The zero-order valence-electron chi connectivity index (χ0n) is 20.0. The summed E-state index contributed by atoms with van der Waals surface area (Å²) in [5.74, 6) is 3.94. The second kappa shape index (κ2) is 10.7. The lowest BCUT2D eigenvalue weighted by Gasteiger charge is -2.30. The van der Waals surface area contributed by atoms with Crippen molar-refractivity contribution >= 4 is 0 Å². The molecule has 0 amide bonds. The largest absolute Gasteiger partial charge is 0.490 e. The molecule has 0 aliphatic heterocycles. The number of rotatable bonds is 7. The molecule has 0 saturated heterocycles. The number of hydrogen-bond donors (Lipinski definition) is 0. The molecule has 1 atom stereocenters. The average Bonchev–Trinajstić information content (AvgIpc) is 2.81. The molecule has 0 N–H and O–H groups in total. The zero-order valence-corrected chi connectivity index (χ0v) is 20.0. The highest BCUT2D eigenvalue weighted by molar-refractivity contribution is 5.29. The van der Waals surface area contributed by atoms with Crippen LogP contribution in [0.5, 0.6) is 5.75 Å². The van der Waals surface area contributed by atoms with Gasteiger partial charge in [0.25, 0.3) is 0 Å². The molecule has 2 fully saturated rings. The van der Waals surface area contributed by atoms with Crippen molar-refractivity contribution in [3.63, 3.8) is 0 Å². The Morgan fingerprint density at radius 1 is 0.710 bits per heavy atom. The van der Waals surface area contributed by atoms with Crippen LogP contribution < -0.4 is 4.74 Å². The molecule has 0 aromatic heterocycles. The molecule has 2 aliphatic carbocycles. The Morgan fingerprint density at radius 2 is 1.32 bits per heavy atom. The van der Waals surface area contributed by atoms with E-state index in [0.29, 0.717) is 17.9 Å². The molecular weight excluding hydrogens is 376 g/mol. The average molecular weight is 419 g/mol. The summed E-state index contributed by atoms with van der Waals surface area (Å²) in [6.45, 7) is 6.90. The summed E-state index contributed by atoms with van der Waals surface area (Å²) < 4.78 is 6.30. The first-order valence-electron chi connectivity index (χ1n) is 12.9. The summed E-state index contributed by atoms with van der Waals surface area (Å²) in [5, 5.41) is 0. The third-order valence-corrected chi connectivity index (χ3v) is 7.91. The van der Waals surface area contributed by atoms with Crippen LogP contribution in [0, 0.1) is 5.92 Å². The van der Waals surface area contributed by atoms with Gasteiger partial charge in [-0.05, 0) is 97.4 Å². The van der Waals surface area contributed by atoms with Gasteiger partial charge in [-0.15, -0.1) is 0 Å². The Balaban J connectivity index is 1.22. The standard InChI is InChI=1S/C30H42O/c1-22(2)25-15-19-30(20-16-25)31-29-17-9-24(10-18-29)21-23(3)26-11-13-28(14-12-26)27-7-5-4-6-8-27/h11-16,19-20,22-24,27,29H,4-10,17-18,21H2,1-3H3. The molecule has 0 heterocycles. The number of benzene rings is 2. The molecule has 0 spiro atoms. The van der Waals surface area contributed by atoms with Crippen LogP contribution in [0.15, 0.2) is 48.5 Å². The third-order valence-electron chi connectivity index (χ3n) is 7.91. The molecule has 31 heavy (non-hydrogen) atoms. The van der Waals surface area contributed by atoms with Crippen molar-refractivity contribution in [2.45, 2.75) is 109 Å². The third kappa shape index (κ3) is 6.15. The van der Waals surface area contributed by atoms with E-state index >= 15 is 0 Å². The van der Waals surface area contributed by atoms with Gasteiger partial charge in [-0.2, -0.15) is 0 Å². The Hall–Kier alpha value is -1.76. The number of ether oxygens (including phenoxy) is 1. The molecule has 1 heteroatoms. The minimum absolute atomic E-state index is 0.395. The van der Waals surface area contributed by atoms with Gasteiger partial charge in [0.15, 0.2) is 0 Å². The van der Waals surface area contributed by atoms with Crippen molar-refractivity contribution in [2.75, 3.05) is 0 Å². The van der Waals surface area contributed by atoms with E-state index < -0.39 is 0 Å². The molecule has 1 unspecified atom stereocenters. The molecule has 2 saturated carbocycles. The molecular formula is C30H42O. The van der Waals surface area contributed by atoms with Gasteiger partial charge in [-0.25, -0.2) is 0 Å². The van der Waals surface area contributed by atoms with E-state index in [1.165, 1.54) is 75.3 Å². The summed E-state index contributed by atoms with van der Waals surface area (Å²) >= 11 is 0. The lowest BCUT2D eigenvalue weighted by atomic mass is 9.79. The summed E-state index contributed by atoms with van der Waals surface area (Å²) in [4.78, 5) is 0. The smallest absolute Gasteiger partial charge is 0.119 e. The van der Waals surface area contributed by atoms with E-state index in [1.807, 2.05) is 0 Å². The van der Waals surface area contributed by atoms with E-state index in [9.17, 15) is 0 Å². The highest BCUT2D eigenvalue weighted by Gasteiger charge is 2.24.